The number of hydrogen-bond donors (Lipinski definition) is 1. The van der Waals surface area contributed by atoms with E-state index in [1.54, 1.807) is 26.4 Å². The van der Waals surface area contributed by atoms with Crippen molar-refractivity contribution in [3.8, 4) is 11.5 Å². The Morgan fingerprint density at radius 3 is 2.23 bits per heavy atom. The minimum Gasteiger partial charge on any atom is -0.493 e. The number of hydrogen-bond acceptors (Lipinski definition) is 4. The van der Waals surface area contributed by atoms with E-state index in [0.29, 0.717) is 37.6 Å². The highest BCUT2D eigenvalue weighted by Gasteiger charge is 2.17. The van der Waals surface area contributed by atoms with Crippen LogP contribution in [0, 0.1) is 5.82 Å². The van der Waals surface area contributed by atoms with Gasteiger partial charge in [-0.25, -0.2) is 4.39 Å². The van der Waals surface area contributed by atoms with Crippen LogP contribution in [0.2, 0.25) is 0 Å². The minimum atomic E-state index is -0.538. The monoisotopic (exact) mass is 409 g/mol. The highest BCUT2D eigenvalue weighted by Crippen LogP contribution is 2.31. The number of benzene rings is 3. The van der Waals surface area contributed by atoms with Gasteiger partial charge in [0.2, 0.25) is 0 Å². The Morgan fingerprint density at radius 2 is 1.57 bits per heavy atom. The Morgan fingerprint density at radius 1 is 0.833 bits per heavy atom. The fourth-order valence-corrected chi connectivity index (χ4v) is 3.60. The van der Waals surface area contributed by atoms with Crippen LogP contribution in [0.3, 0.4) is 0 Å². The van der Waals surface area contributed by atoms with Gasteiger partial charge in [0.05, 0.1) is 20.3 Å². The van der Waals surface area contributed by atoms with Gasteiger partial charge in [0, 0.05) is 25.2 Å². The lowest BCUT2D eigenvalue weighted by Crippen LogP contribution is -2.33. The van der Waals surface area contributed by atoms with Crippen LogP contribution in [0.25, 0.3) is 0 Å². The fraction of sp³-hybridized carbons (Fsp3) is 0.280. The van der Waals surface area contributed by atoms with Gasteiger partial charge in [-0.2, -0.15) is 0 Å². The first-order valence-corrected chi connectivity index (χ1v) is 9.97. The second-order valence-corrected chi connectivity index (χ2v) is 7.29. The minimum absolute atomic E-state index is 0.260. The standard InChI is InChI=1S/C25H28FNO3/c1-29-24-10-6-9-21(25(24)30-2)17-27(16-20-11-13-22(26)14-12-20)18-23(28)15-19-7-4-3-5-8-19/h3-14,23,28H,15-18H2,1-2H3/t23-/m0/s1. The Balaban J connectivity index is 1.79. The van der Waals surface area contributed by atoms with E-state index in [2.05, 4.69) is 4.90 Å². The lowest BCUT2D eigenvalue weighted by Gasteiger charge is -2.26. The molecule has 158 valence electrons. The van der Waals surface area contributed by atoms with Gasteiger partial charge in [-0.05, 0) is 35.7 Å². The average molecular weight is 410 g/mol. The molecular weight excluding hydrogens is 381 g/mol. The van der Waals surface area contributed by atoms with Crippen molar-refractivity contribution in [1.29, 1.82) is 0 Å². The molecule has 0 heterocycles. The molecule has 5 heteroatoms. The van der Waals surface area contributed by atoms with E-state index in [0.717, 1.165) is 16.7 Å². The van der Waals surface area contributed by atoms with Gasteiger partial charge in [0.15, 0.2) is 11.5 Å². The predicted molar refractivity (Wildman–Crippen MR) is 116 cm³/mol. The molecule has 1 N–H and O–H groups in total. The molecular formula is C25H28FNO3. The van der Waals surface area contributed by atoms with Gasteiger partial charge in [0.1, 0.15) is 5.82 Å². The molecule has 1 atom stereocenters. The summed E-state index contributed by atoms with van der Waals surface area (Å²) in [5.41, 5.74) is 3.03. The van der Waals surface area contributed by atoms with Crippen molar-refractivity contribution in [3.63, 3.8) is 0 Å². The maximum absolute atomic E-state index is 13.3. The molecule has 0 saturated heterocycles. The van der Waals surface area contributed by atoms with E-state index < -0.39 is 6.10 Å². The summed E-state index contributed by atoms with van der Waals surface area (Å²) >= 11 is 0. The van der Waals surface area contributed by atoms with Crippen molar-refractivity contribution >= 4 is 0 Å². The molecule has 0 aliphatic rings. The van der Waals surface area contributed by atoms with E-state index in [1.165, 1.54) is 12.1 Å². The molecule has 0 amide bonds. The van der Waals surface area contributed by atoms with Crippen LogP contribution in [0.1, 0.15) is 16.7 Å². The van der Waals surface area contributed by atoms with Gasteiger partial charge in [-0.15, -0.1) is 0 Å². The SMILES string of the molecule is COc1cccc(CN(Cc2ccc(F)cc2)C[C@@H](O)Cc2ccccc2)c1OC. The van der Waals surface area contributed by atoms with Crippen molar-refractivity contribution < 1.29 is 19.0 Å². The molecule has 0 unspecified atom stereocenters. The first-order valence-electron chi connectivity index (χ1n) is 9.97. The van der Waals surface area contributed by atoms with Crippen LogP contribution in [0.4, 0.5) is 4.39 Å². The molecule has 0 spiro atoms. The maximum Gasteiger partial charge on any atom is 0.165 e. The molecule has 0 fully saturated rings. The third kappa shape index (κ3) is 6.05. The second-order valence-electron chi connectivity index (χ2n) is 7.29. The molecule has 3 rings (SSSR count). The van der Waals surface area contributed by atoms with Gasteiger partial charge >= 0.3 is 0 Å². The Kier molecular flexibility index (Phi) is 7.82. The third-order valence-corrected chi connectivity index (χ3v) is 4.98. The number of para-hydroxylation sites is 1. The zero-order valence-corrected chi connectivity index (χ0v) is 17.4. The molecule has 3 aromatic carbocycles. The summed E-state index contributed by atoms with van der Waals surface area (Å²) in [6.07, 6.45) is 0.0279. The predicted octanol–water partition coefficient (Wildman–Crippen LogP) is 4.45. The highest BCUT2D eigenvalue weighted by atomic mass is 19.1. The van der Waals surface area contributed by atoms with Crippen LogP contribution in [0.5, 0.6) is 11.5 Å². The number of ether oxygens (including phenoxy) is 2. The van der Waals surface area contributed by atoms with E-state index in [-0.39, 0.29) is 5.82 Å². The lowest BCUT2D eigenvalue weighted by atomic mass is 10.1. The molecule has 0 aliphatic carbocycles. The van der Waals surface area contributed by atoms with Gasteiger partial charge in [-0.3, -0.25) is 4.90 Å². The van der Waals surface area contributed by atoms with E-state index >= 15 is 0 Å². The topological polar surface area (TPSA) is 41.9 Å². The van der Waals surface area contributed by atoms with Crippen LogP contribution < -0.4 is 9.47 Å². The van der Waals surface area contributed by atoms with Crippen molar-refractivity contribution in [2.45, 2.75) is 25.6 Å². The number of aliphatic hydroxyl groups is 1. The molecule has 0 radical (unpaired) electrons. The van der Waals surface area contributed by atoms with Crippen LogP contribution in [0.15, 0.2) is 72.8 Å². The largest absolute Gasteiger partial charge is 0.493 e. The summed E-state index contributed by atoms with van der Waals surface area (Å²) in [7, 11) is 3.23. The number of rotatable bonds is 10. The van der Waals surface area contributed by atoms with Crippen molar-refractivity contribution in [3.05, 3.63) is 95.3 Å². The number of aliphatic hydroxyl groups excluding tert-OH is 1. The summed E-state index contributed by atoms with van der Waals surface area (Å²) in [6, 6.07) is 22.2. The molecule has 3 aromatic rings. The van der Waals surface area contributed by atoms with Gasteiger partial charge in [0.25, 0.3) is 0 Å². The van der Waals surface area contributed by atoms with Crippen LogP contribution in [-0.4, -0.2) is 36.9 Å². The summed E-state index contributed by atoms with van der Waals surface area (Å²) in [5.74, 6) is 1.09. The quantitative estimate of drug-likeness (QED) is 0.537. The first kappa shape index (κ1) is 21.8. The summed E-state index contributed by atoms with van der Waals surface area (Å²) < 4.78 is 24.3. The molecule has 0 aromatic heterocycles. The zero-order chi connectivity index (χ0) is 21.3. The molecule has 4 nitrogen and oxygen atoms in total. The average Bonchev–Trinajstić information content (AvgIpc) is 2.75. The lowest BCUT2D eigenvalue weighted by molar-refractivity contribution is 0.104. The zero-order valence-electron chi connectivity index (χ0n) is 17.4. The molecule has 0 bridgehead atoms. The van der Waals surface area contributed by atoms with Gasteiger partial charge in [-0.1, -0.05) is 54.6 Å². The maximum atomic E-state index is 13.3. The van der Waals surface area contributed by atoms with E-state index in [4.69, 9.17) is 9.47 Å². The Bertz CT molecular complexity index is 915. The van der Waals surface area contributed by atoms with E-state index in [9.17, 15) is 9.50 Å². The van der Waals surface area contributed by atoms with Crippen molar-refractivity contribution in [1.82, 2.24) is 4.90 Å². The fourth-order valence-electron chi connectivity index (χ4n) is 3.60. The smallest absolute Gasteiger partial charge is 0.165 e. The van der Waals surface area contributed by atoms with Crippen molar-refractivity contribution in [2.24, 2.45) is 0 Å². The van der Waals surface area contributed by atoms with Crippen molar-refractivity contribution in [2.75, 3.05) is 20.8 Å². The van der Waals surface area contributed by atoms with Gasteiger partial charge < -0.3 is 14.6 Å². The number of nitrogens with zero attached hydrogens (tertiary/aromatic N) is 1. The third-order valence-electron chi connectivity index (χ3n) is 4.98. The first-order chi connectivity index (χ1) is 14.6. The number of halogens is 1. The van der Waals surface area contributed by atoms with Crippen LogP contribution in [-0.2, 0) is 19.5 Å². The molecule has 0 saturated carbocycles. The summed E-state index contributed by atoms with van der Waals surface area (Å²) in [6.45, 7) is 1.60. The highest BCUT2D eigenvalue weighted by molar-refractivity contribution is 5.46. The van der Waals surface area contributed by atoms with Crippen LogP contribution >= 0.6 is 0 Å². The molecule has 30 heavy (non-hydrogen) atoms. The second kappa shape index (κ2) is 10.8. The Labute approximate surface area is 177 Å². The Hall–Kier alpha value is -2.89. The van der Waals surface area contributed by atoms with E-state index in [1.807, 2.05) is 48.5 Å². The summed E-state index contributed by atoms with van der Waals surface area (Å²) in [5, 5.41) is 10.7. The number of methoxy groups -OCH3 is 2. The molecule has 0 aliphatic heterocycles. The summed E-state index contributed by atoms with van der Waals surface area (Å²) in [4.78, 5) is 2.14. The normalized spacial score (nSPS) is 12.0.